The van der Waals surface area contributed by atoms with E-state index in [0.29, 0.717) is 23.6 Å². The molecule has 2 atom stereocenters. The van der Waals surface area contributed by atoms with Crippen LogP contribution in [0.4, 0.5) is 11.4 Å². The van der Waals surface area contributed by atoms with E-state index in [1.54, 1.807) is 65.0 Å². The molecule has 60 heavy (non-hydrogen) atoms. The van der Waals surface area contributed by atoms with Crippen LogP contribution >= 0.6 is 0 Å². The van der Waals surface area contributed by atoms with Gasteiger partial charge in [-0.25, -0.2) is 0 Å². The number of amides is 4. The summed E-state index contributed by atoms with van der Waals surface area (Å²) in [6.07, 6.45) is 10.4. The Morgan fingerprint density at radius 2 is 1.35 bits per heavy atom. The zero-order valence-electron chi connectivity index (χ0n) is 38.3. The monoisotopic (exact) mass is 834 g/mol. The highest BCUT2D eigenvalue weighted by Crippen LogP contribution is 2.37. The normalized spacial score (nSPS) is 15.1. The lowest BCUT2D eigenvalue weighted by molar-refractivity contribution is -0.153. The Morgan fingerprint density at radius 3 is 1.87 bits per heavy atom. The van der Waals surface area contributed by atoms with E-state index in [1.165, 1.54) is 51.5 Å². The lowest BCUT2D eigenvalue weighted by Crippen LogP contribution is -2.55. The number of Topliss-reactive ketones (excluding diaryl/α,β-unsaturated/α-hetero) is 1. The van der Waals surface area contributed by atoms with E-state index in [-0.39, 0.29) is 24.0 Å². The van der Waals surface area contributed by atoms with Crippen molar-refractivity contribution >= 4 is 46.8 Å². The number of benzene rings is 2. The van der Waals surface area contributed by atoms with Crippen LogP contribution in [0.15, 0.2) is 36.4 Å². The van der Waals surface area contributed by atoms with E-state index in [2.05, 4.69) is 17.6 Å². The fourth-order valence-electron chi connectivity index (χ4n) is 7.13. The maximum Gasteiger partial charge on any atom is 0.308 e. The molecule has 2 aromatic rings. The van der Waals surface area contributed by atoms with E-state index < -0.39 is 63.8 Å². The van der Waals surface area contributed by atoms with Gasteiger partial charge in [0.1, 0.15) is 17.2 Å². The van der Waals surface area contributed by atoms with Crippen molar-refractivity contribution in [2.45, 2.75) is 184 Å². The second-order valence-electron chi connectivity index (χ2n) is 19.1. The SMILES string of the molecule is CCCCCCCCCCCCC(Oc1ccc(OC(C)=O)c(C(C)(C)C)c1)C(=O)Nc1ccc(OC(C)C)c(NC(=O)C(C(=O)C(C)(C)C)N2C(=O)CC(C)(C)C2=O)c1. The molecule has 1 aliphatic rings. The van der Waals surface area contributed by atoms with E-state index >= 15 is 0 Å². The highest BCUT2D eigenvalue weighted by atomic mass is 16.5. The van der Waals surface area contributed by atoms with Crippen LogP contribution in [0.1, 0.15) is 166 Å². The summed E-state index contributed by atoms with van der Waals surface area (Å²) < 4.78 is 17.9. The van der Waals surface area contributed by atoms with Crippen molar-refractivity contribution in [3.63, 3.8) is 0 Å². The number of esters is 1. The van der Waals surface area contributed by atoms with Gasteiger partial charge in [-0.2, -0.15) is 0 Å². The number of ether oxygens (including phenoxy) is 3. The molecular formula is C48H71N3O9. The molecule has 0 bridgehead atoms. The summed E-state index contributed by atoms with van der Waals surface area (Å²) in [5.74, 6) is -2.41. The summed E-state index contributed by atoms with van der Waals surface area (Å²) in [5, 5.41) is 5.71. The van der Waals surface area contributed by atoms with Crippen LogP contribution < -0.4 is 24.8 Å². The van der Waals surface area contributed by atoms with Crippen LogP contribution in [0.25, 0.3) is 0 Å². The molecule has 1 saturated heterocycles. The smallest absolute Gasteiger partial charge is 0.308 e. The maximum absolute atomic E-state index is 14.2. The van der Waals surface area contributed by atoms with E-state index in [4.69, 9.17) is 14.2 Å². The van der Waals surface area contributed by atoms with Crippen LogP contribution in [0.5, 0.6) is 17.2 Å². The number of carbonyl (C=O) groups excluding carboxylic acids is 6. The molecule has 3 rings (SSSR count). The number of ketones is 1. The summed E-state index contributed by atoms with van der Waals surface area (Å²) in [4.78, 5) is 81.4. The predicted octanol–water partition coefficient (Wildman–Crippen LogP) is 10.1. The first kappa shape index (κ1) is 49.6. The summed E-state index contributed by atoms with van der Waals surface area (Å²) in [6.45, 7) is 21.3. The molecule has 2 N–H and O–H groups in total. The summed E-state index contributed by atoms with van der Waals surface area (Å²) in [6, 6.07) is 8.20. The largest absolute Gasteiger partial charge is 0.489 e. The first-order valence-electron chi connectivity index (χ1n) is 21.8. The molecule has 12 nitrogen and oxygen atoms in total. The van der Waals surface area contributed by atoms with Crippen molar-refractivity contribution in [2.75, 3.05) is 10.6 Å². The number of unbranched alkanes of at least 4 members (excludes halogenated alkanes) is 9. The second kappa shape index (κ2) is 21.7. The van der Waals surface area contributed by atoms with E-state index in [0.717, 1.165) is 36.1 Å². The molecule has 0 aliphatic carbocycles. The van der Waals surface area contributed by atoms with Crippen LogP contribution in [0, 0.1) is 10.8 Å². The summed E-state index contributed by atoms with van der Waals surface area (Å²) >= 11 is 0. The summed E-state index contributed by atoms with van der Waals surface area (Å²) in [5.41, 5.74) is -1.34. The number of hydrogen-bond donors (Lipinski definition) is 2. The molecule has 0 spiro atoms. The van der Waals surface area contributed by atoms with Gasteiger partial charge < -0.3 is 24.8 Å². The molecule has 4 amide bonds. The van der Waals surface area contributed by atoms with Gasteiger partial charge in [-0.1, -0.05) is 120 Å². The van der Waals surface area contributed by atoms with Crippen molar-refractivity contribution in [2.24, 2.45) is 10.8 Å². The second-order valence-corrected chi connectivity index (χ2v) is 19.1. The number of nitrogens with one attached hydrogen (secondary N) is 2. The van der Waals surface area contributed by atoms with E-state index in [1.807, 2.05) is 34.6 Å². The Labute approximate surface area is 358 Å². The molecular weight excluding hydrogens is 763 g/mol. The third kappa shape index (κ3) is 14.5. The van der Waals surface area contributed by atoms with Crippen molar-refractivity contribution in [3.05, 3.63) is 42.0 Å². The zero-order valence-corrected chi connectivity index (χ0v) is 38.3. The standard InChI is InChI=1S/C48H71N3O9/c1-13-14-15-16-17-18-19-20-21-22-23-39(60-34-25-27-37(59-32(4)52)35(29-34)46(5,6)7)43(55)49-33-24-26-38(58-31(2)3)36(28-33)50-44(56)41(42(54)47(8,9)10)51-40(53)30-48(11,12)45(51)57/h24-29,31,39,41H,13-23,30H2,1-12H3,(H,49,55)(H,50,56). The van der Waals surface area contributed by atoms with Crippen molar-refractivity contribution < 1.29 is 43.0 Å². The van der Waals surface area contributed by atoms with Gasteiger partial charge in [0, 0.05) is 30.0 Å². The van der Waals surface area contributed by atoms with E-state index in [9.17, 15) is 28.8 Å². The molecule has 1 aliphatic heterocycles. The fraction of sp³-hybridized carbons (Fsp3) is 0.625. The van der Waals surface area contributed by atoms with Gasteiger partial charge in [0.2, 0.25) is 11.8 Å². The summed E-state index contributed by atoms with van der Waals surface area (Å²) in [7, 11) is 0. The molecule has 2 unspecified atom stereocenters. The van der Waals surface area contributed by atoms with Gasteiger partial charge in [0.25, 0.3) is 11.8 Å². The van der Waals surface area contributed by atoms with Gasteiger partial charge in [-0.05, 0) is 68.5 Å². The lowest BCUT2D eigenvalue weighted by Gasteiger charge is -2.30. The number of rotatable bonds is 22. The minimum atomic E-state index is -1.72. The maximum atomic E-state index is 14.2. The number of nitrogens with zero attached hydrogens (tertiary/aromatic N) is 1. The Morgan fingerprint density at radius 1 is 0.767 bits per heavy atom. The average Bonchev–Trinajstić information content (AvgIpc) is 3.33. The third-order valence-corrected chi connectivity index (χ3v) is 10.4. The first-order valence-corrected chi connectivity index (χ1v) is 21.8. The Kier molecular flexibility index (Phi) is 17.9. The van der Waals surface area contributed by atoms with Gasteiger partial charge in [-0.15, -0.1) is 0 Å². The van der Waals surface area contributed by atoms with Crippen molar-refractivity contribution in [1.29, 1.82) is 0 Å². The molecule has 1 fully saturated rings. The van der Waals surface area contributed by atoms with Gasteiger partial charge in [-0.3, -0.25) is 33.7 Å². The van der Waals surface area contributed by atoms with Gasteiger partial charge >= 0.3 is 5.97 Å². The average molecular weight is 834 g/mol. The molecule has 12 heteroatoms. The zero-order chi connectivity index (χ0) is 45.0. The van der Waals surface area contributed by atoms with Crippen LogP contribution in [0.3, 0.4) is 0 Å². The van der Waals surface area contributed by atoms with Gasteiger partial charge in [0.05, 0.1) is 17.2 Å². The predicted molar refractivity (Wildman–Crippen MR) is 235 cm³/mol. The van der Waals surface area contributed by atoms with Gasteiger partial charge in [0.15, 0.2) is 17.9 Å². The Balaban J connectivity index is 1.93. The Hall–Kier alpha value is -4.74. The number of carbonyl (C=O) groups is 6. The number of imide groups is 1. The Bertz CT molecular complexity index is 1840. The number of hydrogen-bond acceptors (Lipinski definition) is 9. The van der Waals surface area contributed by atoms with Crippen LogP contribution in [-0.4, -0.2) is 58.5 Å². The third-order valence-electron chi connectivity index (χ3n) is 10.4. The number of likely N-dealkylation sites (tertiary alicyclic amines) is 1. The molecule has 0 radical (unpaired) electrons. The van der Waals surface area contributed by atoms with Crippen molar-refractivity contribution in [3.8, 4) is 17.2 Å². The van der Waals surface area contributed by atoms with Crippen LogP contribution in [-0.2, 0) is 34.2 Å². The molecule has 2 aromatic carbocycles. The molecule has 0 aromatic heterocycles. The minimum Gasteiger partial charge on any atom is -0.489 e. The first-order chi connectivity index (χ1) is 28.0. The molecule has 1 heterocycles. The fourth-order valence-corrected chi connectivity index (χ4v) is 7.13. The molecule has 332 valence electrons. The molecule has 0 saturated carbocycles. The topological polar surface area (TPSA) is 157 Å². The highest BCUT2D eigenvalue weighted by molar-refractivity contribution is 6.20. The minimum absolute atomic E-state index is 0.132. The van der Waals surface area contributed by atoms with Crippen LogP contribution in [0.2, 0.25) is 0 Å². The quantitative estimate of drug-likeness (QED) is 0.0387. The van der Waals surface area contributed by atoms with Crippen molar-refractivity contribution in [1.82, 2.24) is 4.90 Å². The lowest BCUT2D eigenvalue weighted by atomic mass is 9.85. The highest BCUT2D eigenvalue weighted by Gasteiger charge is 2.53. The number of anilines is 2.